The Labute approximate surface area is 135 Å². The Hall–Kier alpha value is -1.51. The van der Waals surface area contributed by atoms with Crippen LogP contribution in [0.15, 0.2) is 6.07 Å². The van der Waals surface area contributed by atoms with Crippen LogP contribution in [0.3, 0.4) is 0 Å². The Morgan fingerprint density at radius 3 is 2.64 bits per heavy atom. The van der Waals surface area contributed by atoms with Gasteiger partial charge in [-0.05, 0) is 43.4 Å². The summed E-state index contributed by atoms with van der Waals surface area (Å²) in [6.45, 7) is 12.6. The molecule has 0 radical (unpaired) electrons. The van der Waals surface area contributed by atoms with Gasteiger partial charge in [0.25, 0.3) is 0 Å². The predicted molar refractivity (Wildman–Crippen MR) is 94.8 cm³/mol. The lowest BCUT2D eigenvalue weighted by Gasteiger charge is -2.25. The van der Waals surface area contributed by atoms with Gasteiger partial charge in [-0.1, -0.05) is 39.7 Å². The lowest BCUT2D eigenvalue weighted by Crippen LogP contribution is -2.25. The predicted octanol–water partition coefficient (Wildman–Crippen LogP) is 4.45. The number of amides is 1. The van der Waals surface area contributed by atoms with E-state index >= 15 is 0 Å². The van der Waals surface area contributed by atoms with E-state index < -0.39 is 0 Å². The summed E-state index contributed by atoms with van der Waals surface area (Å²) in [5.41, 5.74) is 6.26. The van der Waals surface area contributed by atoms with Crippen molar-refractivity contribution in [1.29, 1.82) is 0 Å². The van der Waals surface area contributed by atoms with Gasteiger partial charge in [-0.3, -0.25) is 4.79 Å². The molecule has 1 heterocycles. The highest BCUT2D eigenvalue weighted by molar-refractivity contribution is 5.97. The molecule has 1 aromatic rings. The lowest BCUT2D eigenvalue weighted by atomic mass is 10.00. The zero-order valence-electron chi connectivity index (χ0n) is 14.8. The molecule has 0 unspecified atom stereocenters. The molecule has 2 rings (SSSR count). The molecule has 1 aromatic carbocycles. The fourth-order valence-corrected chi connectivity index (χ4v) is 3.23. The largest absolute Gasteiger partial charge is 0.369 e. The Morgan fingerprint density at radius 2 is 2.00 bits per heavy atom. The van der Waals surface area contributed by atoms with Gasteiger partial charge in [0.2, 0.25) is 5.91 Å². The van der Waals surface area contributed by atoms with Crippen molar-refractivity contribution in [1.82, 2.24) is 0 Å². The quantitative estimate of drug-likeness (QED) is 0.787. The van der Waals surface area contributed by atoms with Gasteiger partial charge in [0.05, 0.1) is 11.4 Å². The van der Waals surface area contributed by atoms with Crippen LogP contribution < -0.4 is 10.2 Å². The van der Waals surface area contributed by atoms with Gasteiger partial charge in [-0.25, -0.2) is 0 Å². The zero-order chi connectivity index (χ0) is 16.3. The first-order valence-electron chi connectivity index (χ1n) is 8.64. The third-order valence-electron chi connectivity index (χ3n) is 4.58. The second-order valence-corrected chi connectivity index (χ2v) is 6.80. The summed E-state index contributed by atoms with van der Waals surface area (Å²) in [4.78, 5) is 14.7. The van der Waals surface area contributed by atoms with Crippen LogP contribution in [-0.2, 0) is 11.2 Å². The van der Waals surface area contributed by atoms with Crippen molar-refractivity contribution in [2.45, 2.75) is 60.3 Å². The highest BCUT2D eigenvalue weighted by atomic mass is 16.1. The number of anilines is 2. The van der Waals surface area contributed by atoms with Crippen LogP contribution in [0.5, 0.6) is 0 Å². The molecule has 3 nitrogen and oxygen atoms in total. The maximum atomic E-state index is 12.2. The van der Waals surface area contributed by atoms with Crippen LogP contribution in [-0.4, -0.2) is 19.0 Å². The van der Waals surface area contributed by atoms with E-state index in [-0.39, 0.29) is 11.8 Å². The summed E-state index contributed by atoms with van der Waals surface area (Å²) in [6.07, 6.45) is 4.83. The summed E-state index contributed by atoms with van der Waals surface area (Å²) in [5.74, 6) is 0.112. The minimum atomic E-state index is 0.00583. The molecule has 0 bridgehead atoms. The van der Waals surface area contributed by atoms with Crippen LogP contribution in [0.2, 0.25) is 0 Å². The first kappa shape index (κ1) is 16.9. The molecular formula is C19H30N2O. The topological polar surface area (TPSA) is 32.3 Å². The smallest absolute Gasteiger partial charge is 0.226 e. The minimum Gasteiger partial charge on any atom is -0.369 e. The zero-order valence-corrected chi connectivity index (χ0v) is 14.8. The third kappa shape index (κ3) is 3.45. The Morgan fingerprint density at radius 1 is 1.27 bits per heavy atom. The number of carbonyl (C=O) groups is 1. The van der Waals surface area contributed by atoms with Gasteiger partial charge in [0.1, 0.15) is 0 Å². The minimum absolute atomic E-state index is 0.00583. The lowest BCUT2D eigenvalue weighted by molar-refractivity contribution is -0.118. The molecule has 0 aromatic heterocycles. The summed E-state index contributed by atoms with van der Waals surface area (Å²) in [6, 6.07) is 2.21. The summed E-state index contributed by atoms with van der Waals surface area (Å²) < 4.78 is 0. The van der Waals surface area contributed by atoms with E-state index in [1.54, 1.807) is 0 Å². The summed E-state index contributed by atoms with van der Waals surface area (Å²) in [7, 11) is 0. The number of benzene rings is 1. The van der Waals surface area contributed by atoms with Gasteiger partial charge < -0.3 is 10.2 Å². The van der Waals surface area contributed by atoms with E-state index in [0.29, 0.717) is 0 Å². The molecule has 1 aliphatic heterocycles. The number of unbranched alkanes of at least 4 members (excludes halogenated alkanes) is 2. The number of fused-ring (bicyclic) bond motifs is 1. The average Bonchev–Trinajstić information content (AvgIpc) is 2.87. The highest BCUT2D eigenvalue weighted by Crippen LogP contribution is 2.40. The standard InChI is InChI=1S/C19H30N2O/c1-6-7-8-10-21-11-9-16-14(4)12-15(5)17(18(16)21)20-19(22)13(2)3/h12-13H,6-11H2,1-5H3,(H,20,22). The van der Waals surface area contributed by atoms with E-state index in [0.717, 1.165) is 25.2 Å². The van der Waals surface area contributed by atoms with E-state index in [4.69, 9.17) is 0 Å². The van der Waals surface area contributed by atoms with Gasteiger partial charge in [0.15, 0.2) is 0 Å². The van der Waals surface area contributed by atoms with E-state index in [9.17, 15) is 4.79 Å². The molecule has 0 saturated heterocycles. The van der Waals surface area contributed by atoms with Crippen molar-refractivity contribution in [2.24, 2.45) is 5.92 Å². The molecule has 0 aliphatic carbocycles. The SMILES string of the molecule is CCCCCN1CCc2c(C)cc(C)c(NC(=O)C(C)C)c21. The molecule has 3 heteroatoms. The first-order chi connectivity index (χ1) is 10.5. The number of carbonyl (C=O) groups excluding carboxylic acids is 1. The molecule has 1 aliphatic rings. The van der Waals surface area contributed by atoms with E-state index in [2.05, 4.69) is 37.1 Å². The molecule has 0 atom stereocenters. The second kappa shape index (κ2) is 7.17. The van der Waals surface area contributed by atoms with Crippen molar-refractivity contribution in [3.05, 3.63) is 22.8 Å². The fraction of sp³-hybridized carbons (Fsp3) is 0.632. The number of rotatable bonds is 6. The van der Waals surface area contributed by atoms with Gasteiger partial charge in [-0.2, -0.15) is 0 Å². The number of hydrogen-bond acceptors (Lipinski definition) is 2. The number of nitrogens with zero attached hydrogens (tertiary/aromatic N) is 1. The van der Waals surface area contributed by atoms with Crippen molar-refractivity contribution >= 4 is 17.3 Å². The highest BCUT2D eigenvalue weighted by Gasteiger charge is 2.26. The molecule has 22 heavy (non-hydrogen) atoms. The molecule has 1 amide bonds. The van der Waals surface area contributed by atoms with Gasteiger partial charge in [0, 0.05) is 19.0 Å². The van der Waals surface area contributed by atoms with Crippen LogP contribution >= 0.6 is 0 Å². The normalized spacial score (nSPS) is 13.6. The molecule has 122 valence electrons. The van der Waals surface area contributed by atoms with Gasteiger partial charge in [-0.15, -0.1) is 0 Å². The monoisotopic (exact) mass is 302 g/mol. The molecule has 1 N–H and O–H groups in total. The molecule has 0 saturated carbocycles. The Balaban J connectivity index is 2.33. The van der Waals surface area contributed by atoms with Crippen LogP contribution in [0.4, 0.5) is 11.4 Å². The third-order valence-corrected chi connectivity index (χ3v) is 4.58. The maximum absolute atomic E-state index is 12.2. The molecule has 0 fully saturated rings. The van der Waals surface area contributed by atoms with Crippen LogP contribution in [0.1, 0.15) is 56.7 Å². The van der Waals surface area contributed by atoms with Gasteiger partial charge >= 0.3 is 0 Å². The fourth-order valence-electron chi connectivity index (χ4n) is 3.23. The Kier molecular flexibility index (Phi) is 5.49. The number of hydrogen-bond donors (Lipinski definition) is 1. The first-order valence-corrected chi connectivity index (χ1v) is 8.64. The van der Waals surface area contributed by atoms with Crippen molar-refractivity contribution in [3.63, 3.8) is 0 Å². The summed E-state index contributed by atoms with van der Waals surface area (Å²) >= 11 is 0. The maximum Gasteiger partial charge on any atom is 0.226 e. The van der Waals surface area contributed by atoms with E-state index in [1.165, 1.54) is 41.6 Å². The van der Waals surface area contributed by atoms with E-state index in [1.807, 2.05) is 13.8 Å². The Bertz CT molecular complexity index is 549. The summed E-state index contributed by atoms with van der Waals surface area (Å²) in [5, 5.41) is 3.18. The number of aryl methyl sites for hydroxylation is 2. The number of nitrogens with one attached hydrogen (secondary N) is 1. The van der Waals surface area contributed by atoms with Crippen LogP contribution in [0, 0.1) is 19.8 Å². The van der Waals surface area contributed by atoms with Crippen LogP contribution in [0.25, 0.3) is 0 Å². The average molecular weight is 302 g/mol. The molecular weight excluding hydrogens is 272 g/mol. The van der Waals surface area contributed by atoms with Crippen molar-refractivity contribution < 1.29 is 4.79 Å². The van der Waals surface area contributed by atoms with Crippen molar-refractivity contribution in [3.8, 4) is 0 Å². The van der Waals surface area contributed by atoms with Crippen molar-refractivity contribution in [2.75, 3.05) is 23.3 Å². The molecule has 0 spiro atoms. The second-order valence-electron chi connectivity index (χ2n) is 6.80.